The summed E-state index contributed by atoms with van der Waals surface area (Å²) in [4.78, 5) is 11.7. The second kappa shape index (κ2) is 18.4. The molecule has 0 amide bonds. The van der Waals surface area contributed by atoms with Gasteiger partial charge < -0.3 is 18.9 Å². The molecular weight excluding hydrogens is 308 g/mol. The molecule has 0 spiro atoms. The van der Waals surface area contributed by atoms with Gasteiger partial charge in [0, 0.05) is 7.11 Å². The van der Waals surface area contributed by atoms with Crippen molar-refractivity contribution in [3.05, 3.63) is 12.2 Å². The predicted molar refractivity (Wildman–Crippen MR) is 95.7 cm³/mol. The van der Waals surface area contributed by atoms with Crippen molar-refractivity contribution in [2.24, 2.45) is 0 Å². The summed E-state index contributed by atoms with van der Waals surface area (Å²) in [5.41, 5.74) is 0.308. The van der Waals surface area contributed by atoms with Crippen molar-refractivity contribution in [2.75, 3.05) is 33.9 Å². The van der Waals surface area contributed by atoms with E-state index in [1.807, 2.05) is 0 Å². The summed E-state index contributed by atoms with van der Waals surface area (Å²) in [5.74, 6) is -0.391. The summed E-state index contributed by atoms with van der Waals surface area (Å²) in [5, 5.41) is 0. The molecule has 0 atom stereocenters. The normalized spacial score (nSPS) is 10.8. The molecule has 0 rings (SSSR count). The molecule has 0 aromatic heterocycles. The van der Waals surface area contributed by atoms with Crippen molar-refractivity contribution >= 4 is 5.97 Å². The van der Waals surface area contributed by atoms with E-state index in [9.17, 15) is 4.79 Å². The first-order chi connectivity index (χ1) is 11.7. The molecule has 142 valence electrons. The number of hydrogen-bond donors (Lipinski definition) is 0. The molecule has 0 bridgehead atoms. The zero-order valence-corrected chi connectivity index (χ0v) is 15.6. The monoisotopic (exact) mass is 344 g/mol. The van der Waals surface area contributed by atoms with E-state index in [0.717, 1.165) is 12.8 Å². The summed E-state index contributed by atoms with van der Waals surface area (Å²) in [6, 6.07) is 0. The van der Waals surface area contributed by atoms with Gasteiger partial charge in [-0.2, -0.15) is 0 Å². The molecular formula is C19H36O5. The Morgan fingerprint density at radius 3 is 2.00 bits per heavy atom. The van der Waals surface area contributed by atoms with Gasteiger partial charge in [-0.1, -0.05) is 71.3 Å². The van der Waals surface area contributed by atoms with Crippen LogP contribution in [-0.2, 0) is 23.7 Å². The highest BCUT2D eigenvalue weighted by molar-refractivity contribution is 5.87. The minimum absolute atomic E-state index is 0.0680. The molecule has 0 aliphatic rings. The Labute approximate surface area is 147 Å². The van der Waals surface area contributed by atoms with E-state index in [2.05, 4.69) is 13.5 Å². The molecule has 0 unspecified atom stereocenters. The summed E-state index contributed by atoms with van der Waals surface area (Å²) < 4.78 is 19.9. The number of ether oxygens (including phenoxy) is 4. The van der Waals surface area contributed by atoms with Crippen LogP contribution in [-0.4, -0.2) is 39.9 Å². The lowest BCUT2D eigenvalue weighted by molar-refractivity contribution is -0.142. The maximum Gasteiger partial charge on any atom is 0.335 e. The van der Waals surface area contributed by atoms with Gasteiger partial charge in [-0.05, 0) is 6.42 Å². The second-order valence-corrected chi connectivity index (χ2v) is 6.00. The van der Waals surface area contributed by atoms with Gasteiger partial charge in [0.05, 0.1) is 18.8 Å². The van der Waals surface area contributed by atoms with Gasteiger partial charge in [0.25, 0.3) is 0 Å². The highest BCUT2D eigenvalue weighted by Crippen LogP contribution is 2.10. The van der Waals surface area contributed by atoms with E-state index in [1.54, 1.807) is 0 Å². The number of carbonyl (C=O) groups excluding carboxylic acids is 1. The number of methoxy groups -OCH3 is 1. The third-order valence-electron chi connectivity index (χ3n) is 3.66. The first kappa shape index (κ1) is 23.1. The molecule has 0 radical (unpaired) electrons. The average molecular weight is 344 g/mol. The Balaban J connectivity index is 3.31. The van der Waals surface area contributed by atoms with Crippen molar-refractivity contribution in [2.45, 2.75) is 71.1 Å². The Bertz CT molecular complexity index is 304. The maximum atomic E-state index is 11.7. The molecule has 0 fully saturated rings. The van der Waals surface area contributed by atoms with Crippen LogP contribution < -0.4 is 0 Å². The minimum Gasteiger partial charge on any atom is -0.462 e. The number of unbranched alkanes of at least 4 members (excludes halogenated alkanes) is 9. The van der Waals surface area contributed by atoms with E-state index in [0.29, 0.717) is 12.2 Å². The fourth-order valence-corrected chi connectivity index (χ4v) is 2.26. The largest absolute Gasteiger partial charge is 0.462 e. The summed E-state index contributed by atoms with van der Waals surface area (Å²) in [6.45, 7) is 6.69. The Hall–Kier alpha value is -0.910. The maximum absolute atomic E-state index is 11.7. The highest BCUT2D eigenvalue weighted by Gasteiger charge is 2.08. The number of rotatable bonds is 18. The van der Waals surface area contributed by atoms with Crippen LogP contribution in [0.4, 0.5) is 0 Å². The van der Waals surface area contributed by atoms with Gasteiger partial charge in [0.2, 0.25) is 0 Å². The molecule has 24 heavy (non-hydrogen) atoms. The van der Waals surface area contributed by atoms with Crippen LogP contribution in [0, 0.1) is 0 Å². The average Bonchev–Trinajstić information content (AvgIpc) is 2.59. The Kier molecular flexibility index (Phi) is 17.7. The van der Waals surface area contributed by atoms with Gasteiger partial charge in [0.15, 0.2) is 0 Å². The van der Waals surface area contributed by atoms with Crippen LogP contribution in [0.3, 0.4) is 0 Å². The zero-order valence-electron chi connectivity index (χ0n) is 15.6. The molecule has 0 aliphatic carbocycles. The number of esters is 1. The van der Waals surface area contributed by atoms with E-state index >= 15 is 0 Å². The van der Waals surface area contributed by atoms with Crippen molar-refractivity contribution in [1.82, 2.24) is 0 Å². The van der Waals surface area contributed by atoms with Crippen LogP contribution >= 0.6 is 0 Å². The topological polar surface area (TPSA) is 54.0 Å². The van der Waals surface area contributed by atoms with E-state index in [-0.39, 0.29) is 20.2 Å². The molecule has 0 N–H and O–H groups in total. The van der Waals surface area contributed by atoms with Crippen LogP contribution in [0.5, 0.6) is 0 Å². The van der Waals surface area contributed by atoms with Gasteiger partial charge in [-0.25, -0.2) is 4.79 Å². The highest BCUT2D eigenvalue weighted by atomic mass is 16.7. The van der Waals surface area contributed by atoms with Gasteiger partial charge in [0.1, 0.15) is 13.6 Å². The van der Waals surface area contributed by atoms with Crippen molar-refractivity contribution in [1.29, 1.82) is 0 Å². The SMILES string of the molecule is C=C(COCOCOC)C(=O)OCCCCCCCCCCCC. The van der Waals surface area contributed by atoms with Crippen LogP contribution in [0.25, 0.3) is 0 Å². The standard InChI is InChI=1S/C19H36O5/c1-4-5-6-7-8-9-10-11-12-13-14-24-19(20)18(2)15-22-17-23-16-21-3/h2,4-17H2,1,3H3. The van der Waals surface area contributed by atoms with Gasteiger partial charge in [-0.3, -0.25) is 0 Å². The summed E-state index contributed by atoms with van der Waals surface area (Å²) >= 11 is 0. The van der Waals surface area contributed by atoms with E-state index in [4.69, 9.17) is 18.9 Å². The molecule has 0 aromatic rings. The summed E-state index contributed by atoms with van der Waals surface area (Å²) in [6.07, 6.45) is 12.6. The molecule has 5 nitrogen and oxygen atoms in total. The van der Waals surface area contributed by atoms with Crippen molar-refractivity contribution in [3.8, 4) is 0 Å². The predicted octanol–water partition coefficient (Wildman–Crippen LogP) is 4.60. The smallest absolute Gasteiger partial charge is 0.335 e. The Morgan fingerprint density at radius 2 is 1.42 bits per heavy atom. The number of carbonyl (C=O) groups is 1. The molecule has 5 heteroatoms. The first-order valence-electron chi connectivity index (χ1n) is 9.21. The molecule has 0 aromatic carbocycles. The first-order valence-corrected chi connectivity index (χ1v) is 9.21. The molecule has 0 saturated carbocycles. The fraction of sp³-hybridized carbons (Fsp3) is 0.842. The lowest BCUT2D eigenvalue weighted by atomic mass is 10.1. The molecule has 0 saturated heterocycles. The molecule has 0 heterocycles. The van der Waals surface area contributed by atoms with Crippen LogP contribution in [0.1, 0.15) is 71.1 Å². The van der Waals surface area contributed by atoms with E-state index in [1.165, 1.54) is 58.5 Å². The summed E-state index contributed by atoms with van der Waals surface area (Å²) in [7, 11) is 1.53. The second-order valence-electron chi connectivity index (χ2n) is 6.00. The molecule has 0 aliphatic heterocycles. The third-order valence-corrected chi connectivity index (χ3v) is 3.66. The lowest BCUT2D eigenvalue weighted by Gasteiger charge is -2.08. The fourth-order valence-electron chi connectivity index (χ4n) is 2.26. The number of hydrogen-bond acceptors (Lipinski definition) is 5. The third kappa shape index (κ3) is 16.0. The quantitative estimate of drug-likeness (QED) is 0.157. The zero-order chi connectivity index (χ0) is 17.9. The van der Waals surface area contributed by atoms with Gasteiger partial charge in [-0.15, -0.1) is 0 Å². The van der Waals surface area contributed by atoms with Crippen molar-refractivity contribution in [3.63, 3.8) is 0 Å². The van der Waals surface area contributed by atoms with Crippen LogP contribution in [0.15, 0.2) is 12.2 Å². The van der Waals surface area contributed by atoms with E-state index < -0.39 is 5.97 Å². The Morgan fingerprint density at radius 1 is 0.833 bits per heavy atom. The lowest BCUT2D eigenvalue weighted by Crippen LogP contribution is -2.14. The minimum atomic E-state index is -0.391. The van der Waals surface area contributed by atoms with Gasteiger partial charge >= 0.3 is 5.97 Å². The van der Waals surface area contributed by atoms with Crippen LogP contribution in [0.2, 0.25) is 0 Å². The van der Waals surface area contributed by atoms with Crippen molar-refractivity contribution < 1.29 is 23.7 Å².